The monoisotopic (exact) mass is 373 g/mol. The molecule has 0 saturated carbocycles. The Morgan fingerprint density at radius 2 is 1.96 bits per heavy atom. The minimum Gasteiger partial charge on any atom is -0.422 e. The highest BCUT2D eigenvalue weighted by Crippen LogP contribution is 2.29. The van der Waals surface area contributed by atoms with Gasteiger partial charge in [-0.2, -0.15) is 5.10 Å². The summed E-state index contributed by atoms with van der Waals surface area (Å²) in [6, 6.07) is 15.6. The highest BCUT2D eigenvalue weighted by molar-refractivity contribution is 6.02. The quantitative estimate of drug-likeness (QED) is 0.559. The molecule has 0 radical (unpaired) electrons. The van der Waals surface area contributed by atoms with Crippen molar-refractivity contribution in [1.29, 1.82) is 0 Å². The number of hydrogen-bond acceptors (Lipinski definition) is 4. The van der Waals surface area contributed by atoms with Gasteiger partial charge in [0.1, 0.15) is 17.5 Å². The van der Waals surface area contributed by atoms with Crippen LogP contribution in [0.2, 0.25) is 0 Å². The molecule has 1 amide bonds. The lowest BCUT2D eigenvalue weighted by Gasteiger charge is -2.26. The number of benzene rings is 2. The van der Waals surface area contributed by atoms with Gasteiger partial charge in [0.2, 0.25) is 5.91 Å². The lowest BCUT2D eigenvalue weighted by Crippen LogP contribution is -2.33. The average molecular weight is 373 g/mol. The van der Waals surface area contributed by atoms with Crippen LogP contribution >= 0.6 is 0 Å². The minimum absolute atomic E-state index is 0.0149. The molecule has 2 aromatic heterocycles. The number of hydrogen-bond donors (Lipinski definition) is 1. The molecule has 0 bridgehead atoms. The van der Waals surface area contributed by atoms with E-state index in [2.05, 4.69) is 22.5 Å². The van der Waals surface area contributed by atoms with Crippen LogP contribution in [0.25, 0.3) is 21.9 Å². The lowest BCUT2D eigenvalue weighted by atomic mass is 9.88. The van der Waals surface area contributed by atoms with Crippen molar-refractivity contribution in [2.24, 2.45) is 0 Å². The fourth-order valence-corrected chi connectivity index (χ4v) is 4.12. The summed E-state index contributed by atoms with van der Waals surface area (Å²) in [5, 5.41) is 8.57. The zero-order chi connectivity index (χ0) is 19.1. The zero-order valence-corrected chi connectivity index (χ0v) is 15.2. The normalized spacial score (nSPS) is 16.2. The molecule has 1 atom stereocenters. The molecule has 140 valence electrons. The Kier molecular flexibility index (Phi) is 3.97. The summed E-state index contributed by atoms with van der Waals surface area (Å²) < 4.78 is 6.93. The van der Waals surface area contributed by atoms with Gasteiger partial charge in [0, 0.05) is 5.39 Å². The van der Waals surface area contributed by atoms with Crippen molar-refractivity contribution < 1.29 is 9.21 Å². The van der Waals surface area contributed by atoms with Crippen LogP contribution in [0, 0.1) is 0 Å². The second-order valence-corrected chi connectivity index (χ2v) is 7.16. The highest BCUT2D eigenvalue weighted by Gasteiger charge is 2.22. The number of nitrogens with zero attached hydrogens (tertiary/aromatic N) is 2. The number of aromatic nitrogens is 2. The van der Waals surface area contributed by atoms with Gasteiger partial charge >= 0.3 is 5.63 Å². The standard InChI is InChI=1S/C22H19N3O3/c26-20(24-18-10-5-7-14-6-1-2-8-15(14)18)13-25-21-16-9-3-4-11-19(16)28-22(27)17(21)12-23-25/h1-4,6,8-9,11-12,18H,5,7,10,13H2,(H,24,26). The summed E-state index contributed by atoms with van der Waals surface area (Å²) in [4.78, 5) is 25.0. The Labute approximate surface area is 160 Å². The predicted molar refractivity (Wildman–Crippen MR) is 106 cm³/mol. The highest BCUT2D eigenvalue weighted by atomic mass is 16.4. The SMILES string of the molecule is O=C(Cn1ncc2c(=O)oc3ccccc3c21)NC1CCCc2ccccc21. The summed E-state index contributed by atoms with van der Waals surface area (Å²) >= 11 is 0. The van der Waals surface area contributed by atoms with Crippen molar-refractivity contribution in [2.75, 3.05) is 0 Å². The first kappa shape index (κ1) is 16.7. The molecule has 5 rings (SSSR count). The van der Waals surface area contributed by atoms with Crippen molar-refractivity contribution in [1.82, 2.24) is 15.1 Å². The molecule has 28 heavy (non-hydrogen) atoms. The van der Waals surface area contributed by atoms with Crippen molar-refractivity contribution in [3.8, 4) is 0 Å². The summed E-state index contributed by atoms with van der Waals surface area (Å²) in [5.74, 6) is -0.121. The Morgan fingerprint density at radius 3 is 2.89 bits per heavy atom. The maximum Gasteiger partial charge on any atom is 0.347 e. The van der Waals surface area contributed by atoms with Crippen LogP contribution in [-0.2, 0) is 17.8 Å². The van der Waals surface area contributed by atoms with Gasteiger partial charge in [0.05, 0.1) is 17.8 Å². The van der Waals surface area contributed by atoms with Crippen LogP contribution in [-0.4, -0.2) is 15.7 Å². The number of carbonyl (C=O) groups excluding carboxylic acids is 1. The molecule has 4 aromatic rings. The van der Waals surface area contributed by atoms with Crippen molar-refractivity contribution in [2.45, 2.75) is 31.8 Å². The van der Waals surface area contributed by atoms with Crippen LogP contribution in [0.5, 0.6) is 0 Å². The third-order valence-electron chi connectivity index (χ3n) is 5.40. The van der Waals surface area contributed by atoms with E-state index >= 15 is 0 Å². The Balaban J connectivity index is 1.46. The number of fused-ring (bicyclic) bond motifs is 4. The number of rotatable bonds is 3. The number of nitrogens with one attached hydrogen (secondary N) is 1. The van der Waals surface area contributed by atoms with Gasteiger partial charge in [-0.1, -0.05) is 36.4 Å². The van der Waals surface area contributed by atoms with Gasteiger partial charge in [-0.15, -0.1) is 0 Å². The first-order chi connectivity index (χ1) is 13.7. The van der Waals surface area contributed by atoms with E-state index in [0.29, 0.717) is 16.5 Å². The third-order valence-corrected chi connectivity index (χ3v) is 5.40. The molecule has 0 aliphatic heterocycles. The van der Waals surface area contributed by atoms with Gasteiger partial charge in [0.15, 0.2) is 0 Å². The second-order valence-electron chi connectivity index (χ2n) is 7.16. The van der Waals surface area contributed by atoms with Crippen LogP contribution in [0.1, 0.15) is 30.0 Å². The first-order valence-corrected chi connectivity index (χ1v) is 9.45. The largest absolute Gasteiger partial charge is 0.422 e. The van der Waals surface area contributed by atoms with Gasteiger partial charge in [-0.3, -0.25) is 9.48 Å². The molecular formula is C22H19N3O3. The topological polar surface area (TPSA) is 77.1 Å². The Bertz CT molecular complexity index is 1250. The second kappa shape index (κ2) is 6.64. The van der Waals surface area contributed by atoms with E-state index in [4.69, 9.17) is 4.42 Å². The molecule has 0 fully saturated rings. The predicted octanol–water partition coefficient (Wildman–Crippen LogP) is 3.34. The zero-order valence-electron chi connectivity index (χ0n) is 15.2. The molecule has 1 unspecified atom stereocenters. The molecular weight excluding hydrogens is 354 g/mol. The fraction of sp³-hybridized carbons (Fsp3) is 0.227. The van der Waals surface area contributed by atoms with Gasteiger partial charge in [-0.05, 0) is 42.5 Å². The number of para-hydroxylation sites is 1. The van der Waals surface area contributed by atoms with Crippen LogP contribution in [0.15, 0.2) is 63.9 Å². The summed E-state index contributed by atoms with van der Waals surface area (Å²) in [6.45, 7) is 0.0512. The van der Waals surface area contributed by atoms with Gasteiger partial charge in [-0.25, -0.2) is 4.79 Å². The molecule has 1 N–H and O–H groups in total. The molecule has 6 heteroatoms. The average Bonchev–Trinajstić information content (AvgIpc) is 3.13. The summed E-state index contributed by atoms with van der Waals surface area (Å²) in [6.07, 6.45) is 4.50. The van der Waals surface area contributed by atoms with Crippen LogP contribution in [0.3, 0.4) is 0 Å². The van der Waals surface area contributed by atoms with Gasteiger partial charge < -0.3 is 9.73 Å². The first-order valence-electron chi connectivity index (χ1n) is 9.45. The van der Waals surface area contributed by atoms with E-state index in [9.17, 15) is 9.59 Å². The number of aryl methyl sites for hydroxylation is 1. The summed E-state index contributed by atoms with van der Waals surface area (Å²) in [5.41, 5.74) is 3.17. The minimum atomic E-state index is -0.443. The lowest BCUT2D eigenvalue weighted by molar-refractivity contribution is -0.122. The fourth-order valence-electron chi connectivity index (χ4n) is 4.12. The maximum absolute atomic E-state index is 12.8. The van der Waals surface area contributed by atoms with Gasteiger partial charge in [0.25, 0.3) is 0 Å². The third kappa shape index (κ3) is 2.78. The van der Waals surface area contributed by atoms with Crippen LogP contribution < -0.4 is 10.9 Å². The van der Waals surface area contributed by atoms with Crippen molar-refractivity contribution >= 4 is 27.8 Å². The molecule has 1 aliphatic carbocycles. The maximum atomic E-state index is 12.8. The van der Waals surface area contributed by atoms with E-state index in [1.807, 2.05) is 30.3 Å². The van der Waals surface area contributed by atoms with E-state index in [1.165, 1.54) is 17.3 Å². The molecule has 2 aromatic carbocycles. The number of amides is 1. The molecule has 0 saturated heterocycles. The molecule has 6 nitrogen and oxygen atoms in total. The van der Waals surface area contributed by atoms with E-state index in [0.717, 1.165) is 24.6 Å². The van der Waals surface area contributed by atoms with Crippen molar-refractivity contribution in [3.63, 3.8) is 0 Å². The number of carbonyl (C=O) groups is 1. The Hall–Kier alpha value is -3.41. The van der Waals surface area contributed by atoms with E-state index in [1.54, 1.807) is 10.7 Å². The van der Waals surface area contributed by atoms with E-state index < -0.39 is 5.63 Å². The van der Waals surface area contributed by atoms with Crippen molar-refractivity contribution in [3.05, 3.63) is 76.3 Å². The van der Waals surface area contributed by atoms with Crippen LogP contribution in [0.4, 0.5) is 0 Å². The smallest absolute Gasteiger partial charge is 0.347 e. The Morgan fingerprint density at radius 1 is 1.14 bits per heavy atom. The molecule has 0 spiro atoms. The molecule has 2 heterocycles. The molecule has 1 aliphatic rings. The van der Waals surface area contributed by atoms with E-state index in [-0.39, 0.29) is 18.5 Å². The summed E-state index contributed by atoms with van der Waals surface area (Å²) in [7, 11) is 0.